The second-order valence-electron chi connectivity index (χ2n) is 6.75. The van der Waals surface area contributed by atoms with Crippen molar-refractivity contribution in [3.63, 3.8) is 0 Å². The Bertz CT molecular complexity index is 847. The number of rotatable bonds is 10. The van der Waals surface area contributed by atoms with E-state index in [2.05, 4.69) is 15.3 Å². The Morgan fingerprint density at radius 1 is 1.39 bits per heavy atom. The Labute approximate surface area is 162 Å². The third-order valence-corrected chi connectivity index (χ3v) is 4.81. The van der Waals surface area contributed by atoms with E-state index in [0.29, 0.717) is 25.1 Å². The topological polar surface area (TPSA) is 112 Å². The number of aromatic nitrogens is 4. The Hall–Kier alpha value is -2.27. The van der Waals surface area contributed by atoms with E-state index in [1.807, 2.05) is 10.8 Å². The molecule has 2 N–H and O–H groups in total. The number of hydrogen-bond acceptors (Lipinski definition) is 7. The Balaban J connectivity index is 1.60. The fraction of sp³-hybridized carbons (Fsp3) is 0.611. The van der Waals surface area contributed by atoms with Crippen molar-refractivity contribution in [2.24, 2.45) is 0 Å². The second kappa shape index (κ2) is 9.78. The fourth-order valence-electron chi connectivity index (χ4n) is 3.33. The van der Waals surface area contributed by atoms with Gasteiger partial charge in [-0.15, -0.1) is 0 Å². The first-order valence-electron chi connectivity index (χ1n) is 9.30. The van der Waals surface area contributed by atoms with Crippen LogP contribution in [-0.4, -0.2) is 58.7 Å². The summed E-state index contributed by atoms with van der Waals surface area (Å²) in [6.07, 6.45) is 7.45. The lowest BCUT2D eigenvalue weighted by molar-refractivity contribution is -0.0618. The van der Waals surface area contributed by atoms with Crippen molar-refractivity contribution in [2.75, 3.05) is 27.4 Å². The van der Waals surface area contributed by atoms with E-state index in [-0.39, 0.29) is 12.2 Å². The summed E-state index contributed by atoms with van der Waals surface area (Å²) in [6, 6.07) is 0. The van der Waals surface area contributed by atoms with E-state index < -0.39 is 17.5 Å². The first-order chi connectivity index (χ1) is 13.6. The van der Waals surface area contributed by atoms with E-state index in [1.54, 1.807) is 32.9 Å². The number of imidazole rings is 1. The van der Waals surface area contributed by atoms with Gasteiger partial charge in [0.1, 0.15) is 12.3 Å². The molecule has 2 aromatic heterocycles. The molecule has 0 unspecified atom stereocenters. The van der Waals surface area contributed by atoms with Gasteiger partial charge in [-0.2, -0.15) is 0 Å². The second-order valence-corrected chi connectivity index (χ2v) is 6.75. The van der Waals surface area contributed by atoms with Crippen LogP contribution in [0.2, 0.25) is 0 Å². The van der Waals surface area contributed by atoms with Crippen LogP contribution in [0.3, 0.4) is 0 Å². The minimum atomic E-state index is -0.505. The summed E-state index contributed by atoms with van der Waals surface area (Å²) in [5.74, 6) is 0. The first-order valence-corrected chi connectivity index (χ1v) is 9.30. The van der Waals surface area contributed by atoms with Crippen LogP contribution in [0, 0.1) is 0 Å². The largest absolute Gasteiger partial charge is 0.382 e. The molecule has 2 aromatic rings. The molecule has 1 aliphatic heterocycles. The van der Waals surface area contributed by atoms with E-state index in [9.17, 15) is 9.59 Å². The summed E-state index contributed by atoms with van der Waals surface area (Å²) >= 11 is 0. The normalized spacial score (nSPS) is 22.0. The van der Waals surface area contributed by atoms with Crippen molar-refractivity contribution in [3.05, 3.63) is 51.3 Å². The van der Waals surface area contributed by atoms with Gasteiger partial charge >= 0.3 is 5.69 Å². The van der Waals surface area contributed by atoms with Crippen LogP contribution in [0.25, 0.3) is 0 Å². The van der Waals surface area contributed by atoms with Crippen LogP contribution in [-0.2, 0) is 27.3 Å². The quantitative estimate of drug-likeness (QED) is 0.540. The molecule has 0 amide bonds. The fourth-order valence-corrected chi connectivity index (χ4v) is 3.33. The minimum Gasteiger partial charge on any atom is -0.382 e. The van der Waals surface area contributed by atoms with Crippen LogP contribution < -0.4 is 16.6 Å². The highest BCUT2D eigenvalue weighted by Gasteiger charge is 2.36. The molecule has 1 aliphatic rings. The summed E-state index contributed by atoms with van der Waals surface area (Å²) < 4.78 is 19.9. The van der Waals surface area contributed by atoms with Crippen LogP contribution in [0.4, 0.5) is 0 Å². The number of hydrogen-bond donors (Lipinski definition) is 2. The molecule has 0 bridgehead atoms. The Morgan fingerprint density at radius 3 is 2.96 bits per heavy atom. The highest BCUT2D eigenvalue weighted by molar-refractivity contribution is 5.05. The highest BCUT2D eigenvalue weighted by Crippen LogP contribution is 2.29. The third-order valence-electron chi connectivity index (χ3n) is 4.81. The third kappa shape index (κ3) is 4.96. The summed E-state index contributed by atoms with van der Waals surface area (Å²) in [4.78, 5) is 30.8. The maximum Gasteiger partial charge on any atom is 0.330 e. The number of ether oxygens (including phenoxy) is 3. The first kappa shape index (κ1) is 20.5. The van der Waals surface area contributed by atoms with Crippen LogP contribution in [0.1, 0.15) is 24.6 Å². The van der Waals surface area contributed by atoms with Gasteiger partial charge in [-0.1, -0.05) is 0 Å². The number of aryl methyl sites for hydroxylation is 1. The molecular weight excluding hydrogens is 366 g/mol. The van der Waals surface area contributed by atoms with Gasteiger partial charge in [0.2, 0.25) is 0 Å². The van der Waals surface area contributed by atoms with Crippen molar-refractivity contribution in [1.82, 2.24) is 24.4 Å². The van der Waals surface area contributed by atoms with Crippen molar-refractivity contribution in [1.29, 1.82) is 0 Å². The number of nitrogens with one attached hydrogen (secondary N) is 2. The molecule has 0 aliphatic carbocycles. The SMILES string of the molecule is COC[C@H]1O[C@@H](n2cc(CNCCCn3ccnc3)c(=O)[nH]c2=O)C[C@@H]1OC. The molecule has 0 spiro atoms. The molecule has 28 heavy (non-hydrogen) atoms. The smallest absolute Gasteiger partial charge is 0.330 e. The van der Waals surface area contributed by atoms with Crippen LogP contribution in [0.15, 0.2) is 34.5 Å². The molecule has 0 saturated carbocycles. The van der Waals surface area contributed by atoms with Crippen molar-refractivity contribution in [3.8, 4) is 0 Å². The average Bonchev–Trinajstić information content (AvgIpc) is 3.33. The van der Waals surface area contributed by atoms with Crippen LogP contribution >= 0.6 is 0 Å². The van der Waals surface area contributed by atoms with Crippen molar-refractivity contribution in [2.45, 2.75) is 44.4 Å². The van der Waals surface area contributed by atoms with Gasteiger partial charge in [-0.05, 0) is 13.0 Å². The van der Waals surface area contributed by atoms with E-state index >= 15 is 0 Å². The maximum atomic E-state index is 12.3. The van der Waals surface area contributed by atoms with Gasteiger partial charge in [0.15, 0.2) is 0 Å². The van der Waals surface area contributed by atoms with Crippen molar-refractivity contribution < 1.29 is 14.2 Å². The number of nitrogens with zero attached hydrogens (tertiary/aromatic N) is 3. The van der Waals surface area contributed by atoms with E-state index in [1.165, 1.54) is 4.57 Å². The van der Waals surface area contributed by atoms with Gasteiger partial charge in [0, 0.05) is 57.9 Å². The van der Waals surface area contributed by atoms with Gasteiger partial charge in [0.05, 0.1) is 19.0 Å². The number of aromatic amines is 1. The molecule has 3 rings (SSSR count). The van der Waals surface area contributed by atoms with E-state index in [0.717, 1.165) is 19.5 Å². The maximum absolute atomic E-state index is 12.3. The molecule has 3 heterocycles. The van der Waals surface area contributed by atoms with E-state index in [4.69, 9.17) is 14.2 Å². The number of methoxy groups -OCH3 is 2. The molecule has 10 heteroatoms. The molecule has 1 saturated heterocycles. The summed E-state index contributed by atoms with van der Waals surface area (Å²) in [5, 5.41) is 3.24. The lowest BCUT2D eigenvalue weighted by Crippen LogP contribution is -2.35. The molecule has 10 nitrogen and oxygen atoms in total. The molecule has 0 aromatic carbocycles. The van der Waals surface area contributed by atoms with Gasteiger partial charge in [-0.25, -0.2) is 9.78 Å². The average molecular weight is 393 g/mol. The molecule has 1 fully saturated rings. The van der Waals surface area contributed by atoms with Crippen LogP contribution in [0.5, 0.6) is 0 Å². The standard InChI is InChI=1S/C18H27N5O5/c1-26-11-15-14(27-2)8-16(28-15)23-10-13(17(24)21-18(23)25)9-19-4-3-6-22-7-5-20-12-22/h5,7,10,12,14-16,19H,3-4,6,8-9,11H2,1-2H3,(H,21,24,25)/t14-,15+,16+/m0/s1. The Kier molecular flexibility index (Phi) is 7.15. The lowest BCUT2D eigenvalue weighted by Gasteiger charge is -2.16. The predicted molar refractivity (Wildman–Crippen MR) is 101 cm³/mol. The zero-order valence-corrected chi connectivity index (χ0v) is 16.2. The monoisotopic (exact) mass is 393 g/mol. The number of H-pyrrole nitrogens is 1. The summed E-state index contributed by atoms with van der Waals surface area (Å²) in [6.45, 7) is 2.32. The molecular formula is C18H27N5O5. The van der Waals surface area contributed by atoms with Gasteiger partial charge in [0.25, 0.3) is 5.56 Å². The van der Waals surface area contributed by atoms with Gasteiger partial charge < -0.3 is 24.1 Å². The minimum absolute atomic E-state index is 0.173. The predicted octanol–water partition coefficient (Wildman–Crippen LogP) is -0.138. The molecule has 0 radical (unpaired) electrons. The zero-order valence-electron chi connectivity index (χ0n) is 16.2. The highest BCUT2D eigenvalue weighted by atomic mass is 16.6. The van der Waals surface area contributed by atoms with Gasteiger partial charge in [-0.3, -0.25) is 14.3 Å². The molecule has 3 atom stereocenters. The van der Waals surface area contributed by atoms with Crippen molar-refractivity contribution >= 4 is 0 Å². The summed E-state index contributed by atoms with van der Waals surface area (Å²) in [5.41, 5.74) is -0.403. The lowest BCUT2D eigenvalue weighted by atomic mass is 10.2. The molecule has 154 valence electrons. The zero-order chi connectivity index (χ0) is 19.9. The summed E-state index contributed by atoms with van der Waals surface area (Å²) in [7, 11) is 3.19. The Morgan fingerprint density at radius 2 is 2.25 bits per heavy atom.